The van der Waals surface area contributed by atoms with E-state index >= 15 is 0 Å². The van der Waals surface area contributed by atoms with E-state index in [1.54, 1.807) is 6.92 Å². The molecule has 1 aliphatic rings. The number of amides is 3. The molecule has 3 amide bonds. The summed E-state index contributed by atoms with van der Waals surface area (Å²) in [6, 6.07) is 4.06. The van der Waals surface area contributed by atoms with Crippen molar-refractivity contribution in [2.24, 2.45) is 0 Å². The number of urea groups is 1. The van der Waals surface area contributed by atoms with Gasteiger partial charge >= 0.3 is 6.03 Å². The standard InChI is InChI=1S/C19H15F2N3O4/c1-10-5-13(23-19(26)24-18(25)11-6-14(7-11)27-2)8-15(21)17(10)28-16-4-3-12(20)9-22-16/h3-5,8-9H,6H2,1-2H3,(H2,23,24,25,26). The van der Waals surface area contributed by atoms with Gasteiger partial charge in [-0.1, -0.05) is 5.73 Å². The molecule has 2 aromatic rings. The van der Waals surface area contributed by atoms with Crippen LogP contribution in [0.4, 0.5) is 19.3 Å². The molecule has 0 atom stereocenters. The molecule has 0 saturated heterocycles. The Labute approximate surface area is 158 Å². The number of imide groups is 1. The Balaban J connectivity index is 1.66. The number of aryl methyl sites for hydroxylation is 1. The van der Waals surface area contributed by atoms with Crippen molar-refractivity contribution in [1.29, 1.82) is 0 Å². The van der Waals surface area contributed by atoms with Crippen LogP contribution in [0.1, 0.15) is 12.0 Å². The monoisotopic (exact) mass is 387 g/mol. The molecule has 28 heavy (non-hydrogen) atoms. The molecular formula is C19H15F2N3O4. The molecule has 1 aliphatic carbocycles. The zero-order chi connectivity index (χ0) is 20.3. The number of rotatable bonds is 5. The Morgan fingerprint density at radius 3 is 2.61 bits per heavy atom. The van der Waals surface area contributed by atoms with Crippen LogP contribution in [0.2, 0.25) is 0 Å². The minimum Gasteiger partial charge on any atom is -0.493 e. The number of methoxy groups -OCH3 is 1. The second-order valence-electron chi connectivity index (χ2n) is 5.84. The van der Waals surface area contributed by atoms with Gasteiger partial charge in [0.05, 0.1) is 25.3 Å². The number of hydrogen-bond donors (Lipinski definition) is 2. The lowest BCUT2D eigenvalue weighted by molar-refractivity contribution is -0.116. The number of anilines is 1. The molecule has 1 aromatic heterocycles. The number of benzene rings is 1. The lowest BCUT2D eigenvalue weighted by Gasteiger charge is -2.14. The highest BCUT2D eigenvalue weighted by Crippen LogP contribution is 2.30. The van der Waals surface area contributed by atoms with E-state index in [1.807, 2.05) is 0 Å². The zero-order valence-electron chi connectivity index (χ0n) is 14.9. The van der Waals surface area contributed by atoms with Gasteiger partial charge in [0.1, 0.15) is 11.6 Å². The molecule has 1 heterocycles. The molecule has 1 aromatic carbocycles. The SMILES string of the molecule is COC1=C=C(C(=O)NC(=O)Nc2cc(C)c(Oc3ccc(F)cn3)c(F)c2)C1. The molecule has 0 aliphatic heterocycles. The van der Waals surface area contributed by atoms with Crippen molar-refractivity contribution >= 4 is 17.6 Å². The van der Waals surface area contributed by atoms with Gasteiger partial charge < -0.3 is 14.8 Å². The second kappa shape index (κ2) is 7.89. The van der Waals surface area contributed by atoms with Gasteiger partial charge in [-0.05, 0) is 24.6 Å². The van der Waals surface area contributed by atoms with E-state index in [1.165, 1.54) is 19.2 Å². The normalized spacial score (nSPS) is 12.3. The lowest BCUT2D eigenvalue weighted by Crippen LogP contribution is -2.36. The van der Waals surface area contributed by atoms with E-state index in [2.05, 4.69) is 21.3 Å². The van der Waals surface area contributed by atoms with Crippen molar-refractivity contribution < 1.29 is 27.8 Å². The number of carbonyl (C=O) groups is 2. The third kappa shape index (κ3) is 4.33. The number of pyridine rings is 1. The molecule has 3 rings (SSSR count). The fourth-order valence-electron chi connectivity index (χ4n) is 2.37. The Hall–Kier alpha value is -3.71. The Morgan fingerprint density at radius 2 is 2.00 bits per heavy atom. The van der Waals surface area contributed by atoms with Gasteiger partial charge in [0.25, 0.3) is 5.91 Å². The summed E-state index contributed by atoms with van der Waals surface area (Å²) in [7, 11) is 1.46. The summed E-state index contributed by atoms with van der Waals surface area (Å²) in [5.41, 5.74) is 3.43. The minimum absolute atomic E-state index is 0.0182. The molecule has 9 heteroatoms. The van der Waals surface area contributed by atoms with Crippen LogP contribution in [0.25, 0.3) is 0 Å². The fraction of sp³-hybridized carbons (Fsp3) is 0.158. The van der Waals surface area contributed by atoms with E-state index < -0.39 is 23.6 Å². The first-order chi connectivity index (χ1) is 13.4. The van der Waals surface area contributed by atoms with Crippen LogP contribution in [-0.2, 0) is 9.53 Å². The van der Waals surface area contributed by atoms with E-state index in [-0.39, 0.29) is 29.3 Å². The molecule has 0 bridgehead atoms. The van der Waals surface area contributed by atoms with Gasteiger partial charge in [-0.2, -0.15) is 0 Å². The molecule has 0 saturated carbocycles. The van der Waals surface area contributed by atoms with Gasteiger partial charge in [-0.15, -0.1) is 0 Å². The van der Waals surface area contributed by atoms with Gasteiger partial charge in [-0.3, -0.25) is 10.1 Å². The number of nitrogens with one attached hydrogen (secondary N) is 2. The predicted octanol–water partition coefficient (Wildman–Crippen LogP) is 3.57. The highest BCUT2D eigenvalue weighted by atomic mass is 19.1. The van der Waals surface area contributed by atoms with E-state index in [4.69, 9.17) is 9.47 Å². The third-order valence-electron chi connectivity index (χ3n) is 3.77. The maximum Gasteiger partial charge on any atom is 0.326 e. The number of nitrogens with zero attached hydrogens (tertiary/aromatic N) is 1. The molecule has 144 valence electrons. The van der Waals surface area contributed by atoms with Crippen LogP contribution < -0.4 is 15.4 Å². The molecule has 0 fully saturated rings. The summed E-state index contributed by atoms with van der Waals surface area (Å²) in [6.45, 7) is 1.56. The molecule has 0 spiro atoms. The summed E-state index contributed by atoms with van der Waals surface area (Å²) in [5.74, 6) is -1.49. The van der Waals surface area contributed by atoms with Crippen LogP contribution in [0.15, 0.2) is 47.5 Å². The average molecular weight is 387 g/mol. The van der Waals surface area contributed by atoms with Gasteiger partial charge in [-0.25, -0.2) is 18.6 Å². The first-order valence-corrected chi connectivity index (χ1v) is 8.10. The number of halogens is 2. The summed E-state index contributed by atoms with van der Waals surface area (Å²) >= 11 is 0. The Kier molecular flexibility index (Phi) is 5.37. The van der Waals surface area contributed by atoms with Crippen molar-refractivity contribution in [2.45, 2.75) is 13.3 Å². The summed E-state index contributed by atoms with van der Waals surface area (Å²) < 4.78 is 37.5. The van der Waals surface area contributed by atoms with Crippen molar-refractivity contribution in [3.8, 4) is 11.6 Å². The maximum absolute atomic E-state index is 14.4. The highest BCUT2D eigenvalue weighted by molar-refractivity contribution is 6.08. The minimum atomic E-state index is -0.821. The topological polar surface area (TPSA) is 89.5 Å². The lowest BCUT2D eigenvalue weighted by atomic mass is 10.0. The second-order valence-corrected chi connectivity index (χ2v) is 5.84. The molecule has 0 unspecified atom stereocenters. The molecule has 7 nitrogen and oxygen atoms in total. The highest BCUT2D eigenvalue weighted by Gasteiger charge is 2.21. The van der Waals surface area contributed by atoms with Crippen molar-refractivity contribution in [2.75, 3.05) is 12.4 Å². The van der Waals surface area contributed by atoms with Crippen molar-refractivity contribution in [3.05, 3.63) is 64.7 Å². The number of hydrogen-bond acceptors (Lipinski definition) is 5. The molecule has 0 radical (unpaired) electrons. The van der Waals surface area contributed by atoms with Crippen LogP contribution in [0.5, 0.6) is 11.6 Å². The van der Waals surface area contributed by atoms with Gasteiger partial charge in [0.15, 0.2) is 11.6 Å². The van der Waals surface area contributed by atoms with Gasteiger partial charge in [0, 0.05) is 17.8 Å². The summed E-state index contributed by atoms with van der Waals surface area (Å²) in [6.07, 6.45) is 1.23. The third-order valence-corrected chi connectivity index (χ3v) is 3.77. The molecular weight excluding hydrogens is 372 g/mol. The number of aromatic nitrogens is 1. The number of carbonyl (C=O) groups excluding carboxylic acids is 2. The van der Waals surface area contributed by atoms with Crippen LogP contribution in [-0.4, -0.2) is 24.0 Å². The smallest absolute Gasteiger partial charge is 0.326 e. The summed E-state index contributed by atoms with van der Waals surface area (Å²) in [4.78, 5) is 27.5. The first-order valence-electron chi connectivity index (χ1n) is 8.10. The van der Waals surface area contributed by atoms with Gasteiger partial charge in [0.2, 0.25) is 5.88 Å². The largest absolute Gasteiger partial charge is 0.493 e. The molecule has 2 N–H and O–H groups in total. The van der Waals surface area contributed by atoms with E-state index in [0.29, 0.717) is 11.3 Å². The summed E-state index contributed by atoms with van der Waals surface area (Å²) in [5, 5.41) is 4.49. The Morgan fingerprint density at radius 1 is 1.25 bits per heavy atom. The zero-order valence-corrected chi connectivity index (χ0v) is 14.9. The van der Waals surface area contributed by atoms with Crippen molar-refractivity contribution in [1.82, 2.24) is 10.3 Å². The van der Waals surface area contributed by atoms with Crippen LogP contribution in [0.3, 0.4) is 0 Å². The first kappa shape index (κ1) is 19.1. The Bertz CT molecular complexity index is 989. The van der Waals surface area contributed by atoms with Crippen LogP contribution >= 0.6 is 0 Å². The maximum atomic E-state index is 14.4. The van der Waals surface area contributed by atoms with E-state index in [9.17, 15) is 18.4 Å². The van der Waals surface area contributed by atoms with Crippen molar-refractivity contribution in [3.63, 3.8) is 0 Å². The average Bonchev–Trinajstić information content (AvgIpc) is 2.58. The quantitative estimate of drug-likeness (QED) is 0.766. The van der Waals surface area contributed by atoms with Crippen LogP contribution in [0, 0.1) is 18.6 Å². The number of ether oxygens (including phenoxy) is 2. The predicted molar refractivity (Wildman–Crippen MR) is 94.7 cm³/mol. The fourth-order valence-corrected chi connectivity index (χ4v) is 2.37. The van der Waals surface area contributed by atoms with E-state index in [0.717, 1.165) is 18.3 Å².